The Bertz CT molecular complexity index is 1170. The second-order valence-corrected chi connectivity index (χ2v) is 8.83. The zero-order valence-corrected chi connectivity index (χ0v) is 17.5. The maximum atomic E-state index is 13.3. The number of para-hydroxylation sites is 1. The third-order valence-electron chi connectivity index (χ3n) is 4.53. The molecular formula is C20H17F3N4OS2. The first-order chi connectivity index (χ1) is 14.3. The van der Waals surface area contributed by atoms with Gasteiger partial charge >= 0.3 is 6.18 Å². The molecule has 0 fully saturated rings. The lowest BCUT2D eigenvalue weighted by molar-refractivity contribution is -0.137. The molecule has 2 aromatic carbocycles. The van der Waals surface area contributed by atoms with Gasteiger partial charge in [-0.05, 0) is 36.8 Å². The molecule has 0 spiro atoms. The number of nitrogens with one attached hydrogen (secondary N) is 1. The van der Waals surface area contributed by atoms with Crippen LogP contribution in [-0.2, 0) is 23.9 Å². The molecule has 1 aliphatic heterocycles. The topological polar surface area (TPSA) is 62.0 Å². The summed E-state index contributed by atoms with van der Waals surface area (Å²) in [6.07, 6.45) is -2.94. The molecule has 1 amide bonds. The van der Waals surface area contributed by atoms with Crippen molar-refractivity contribution in [2.75, 3.05) is 4.90 Å². The summed E-state index contributed by atoms with van der Waals surface area (Å²) < 4.78 is 41.2. The van der Waals surface area contributed by atoms with E-state index >= 15 is 0 Å². The molecule has 5 nitrogen and oxygen atoms in total. The summed E-state index contributed by atoms with van der Waals surface area (Å²) in [5.74, 6) is -0.449. The Balaban J connectivity index is 1.76. The van der Waals surface area contributed by atoms with E-state index in [0.717, 1.165) is 28.5 Å². The number of halogens is 3. The Hall–Kier alpha value is -2.59. The monoisotopic (exact) mass is 450 g/mol. The smallest absolute Gasteiger partial charge is 0.277 e. The van der Waals surface area contributed by atoms with Crippen molar-refractivity contribution < 1.29 is 18.0 Å². The lowest BCUT2D eigenvalue weighted by atomic mass is 10.1. The van der Waals surface area contributed by atoms with Crippen molar-refractivity contribution in [1.29, 1.82) is 5.41 Å². The molecule has 1 N–H and O–H groups in total. The summed E-state index contributed by atoms with van der Waals surface area (Å²) in [5.41, 5.74) is -0.100. The third kappa shape index (κ3) is 3.89. The van der Waals surface area contributed by atoms with Crippen molar-refractivity contribution in [3.8, 4) is 0 Å². The van der Waals surface area contributed by atoms with Crippen LogP contribution < -0.4 is 9.70 Å². The van der Waals surface area contributed by atoms with Crippen LogP contribution in [0, 0.1) is 5.41 Å². The van der Waals surface area contributed by atoms with Gasteiger partial charge in [0.2, 0.25) is 4.80 Å². The van der Waals surface area contributed by atoms with Crippen LogP contribution in [0.3, 0.4) is 0 Å². The number of aryl methyl sites for hydroxylation is 1. The van der Waals surface area contributed by atoms with Crippen molar-refractivity contribution in [2.45, 2.75) is 42.3 Å². The molecule has 0 atom stereocenters. The van der Waals surface area contributed by atoms with Gasteiger partial charge < -0.3 is 0 Å². The van der Waals surface area contributed by atoms with Crippen LogP contribution in [0.2, 0.25) is 0 Å². The number of hydrogen-bond donors (Lipinski definition) is 1. The lowest BCUT2D eigenvalue weighted by Crippen LogP contribution is -2.34. The molecule has 0 unspecified atom stereocenters. The highest BCUT2D eigenvalue weighted by atomic mass is 32.2. The number of rotatable bonds is 4. The van der Waals surface area contributed by atoms with Gasteiger partial charge in [-0.25, -0.2) is 4.68 Å². The van der Waals surface area contributed by atoms with Crippen LogP contribution in [0.15, 0.2) is 52.3 Å². The van der Waals surface area contributed by atoms with E-state index in [0.29, 0.717) is 17.0 Å². The number of alkyl halides is 3. The SMILES string of the molecule is CCCc1nn(CC(=O)N2c3ccccc3Sc3ccc(C(F)(F)F)cc32)c(=N)s1. The van der Waals surface area contributed by atoms with E-state index < -0.39 is 17.6 Å². The predicted molar refractivity (Wildman–Crippen MR) is 109 cm³/mol. The molecule has 4 rings (SSSR count). The highest BCUT2D eigenvalue weighted by Crippen LogP contribution is 2.49. The minimum Gasteiger partial charge on any atom is -0.277 e. The Labute approximate surface area is 178 Å². The highest BCUT2D eigenvalue weighted by Gasteiger charge is 2.35. The van der Waals surface area contributed by atoms with Crippen LogP contribution >= 0.6 is 23.1 Å². The summed E-state index contributed by atoms with van der Waals surface area (Å²) in [7, 11) is 0. The first kappa shape index (κ1) is 20.7. The quantitative estimate of drug-likeness (QED) is 0.593. The second-order valence-electron chi connectivity index (χ2n) is 6.69. The maximum absolute atomic E-state index is 13.3. The molecule has 30 heavy (non-hydrogen) atoms. The van der Waals surface area contributed by atoms with Gasteiger partial charge in [0.05, 0.1) is 16.9 Å². The normalized spacial score (nSPS) is 13.1. The van der Waals surface area contributed by atoms with Gasteiger partial charge in [-0.1, -0.05) is 42.2 Å². The van der Waals surface area contributed by atoms with E-state index in [9.17, 15) is 18.0 Å². The summed E-state index contributed by atoms with van der Waals surface area (Å²) in [5, 5.41) is 13.2. The fourth-order valence-corrected chi connectivity index (χ4v) is 5.10. The average Bonchev–Trinajstić information content (AvgIpc) is 3.03. The van der Waals surface area contributed by atoms with Gasteiger partial charge in [-0.2, -0.15) is 18.3 Å². The van der Waals surface area contributed by atoms with Gasteiger partial charge in [0.25, 0.3) is 5.91 Å². The van der Waals surface area contributed by atoms with Crippen LogP contribution in [-0.4, -0.2) is 15.7 Å². The maximum Gasteiger partial charge on any atom is 0.416 e. The van der Waals surface area contributed by atoms with Crippen LogP contribution in [0.4, 0.5) is 24.5 Å². The fourth-order valence-electron chi connectivity index (χ4n) is 3.19. The van der Waals surface area contributed by atoms with Gasteiger partial charge in [-0.3, -0.25) is 15.1 Å². The van der Waals surface area contributed by atoms with Crippen molar-refractivity contribution in [2.24, 2.45) is 0 Å². The van der Waals surface area contributed by atoms with E-state index in [1.165, 1.54) is 38.7 Å². The van der Waals surface area contributed by atoms with Gasteiger partial charge in [-0.15, -0.1) is 0 Å². The molecule has 10 heteroatoms. The predicted octanol–water partition coefficient (Wildman–Crippen LogP) is 5.22. The number of nitrogens with zero attached hydrogens (tertiary/aromatic N) is 3. The van der Waals surface area contributed by atoms with E-state index in [4.69, 9.17) is 5.41 Å². The number of aromatic nitrogens is 2. The second kappa shape index (κ2) is 7.92. The number of carbonyl (C=O) groups is 1. The van der Waals surface area contributed by atoms with Crippen molar-refractivity contribution in [1.82, 2.24) is 9.78 Å². The number of hydrogen-bond acceptors (Lipinski definition) is 5. The summed E-state index contributed by atoms with van der Waals surface area (Å²) in [4.78, 5) is 16.1. The highest BCUT2D eigenvalue weighted by molar-refractivity contribution is 7.99. The molecule has 1 aliphatic rings. The molecule has 156 valence electrons. The Morgan fingerprint density at radius 2 is 1.87 bits per heavy atom. The Kier molecular flexibility index (Phi) is 5.46. The fraction of sp³-hybridized carbons (Fsp3) is 0.250. The van der Waals surface area contributed by atoms with E-state index in [1.54, 1.807) is 12.1 Å². The van der Waals surface area contributed by atoms with Gasteiger partial charge in [0.15, 0.2) is 0 Å². The number of carbonyl (C=O) groups excluding carboxylic acids is 1. The molecule has 0 radical (unpaired) electrons. The lowest BCUT2D eigenvalue weighted by Gasteiger charge is -2.31. The Morgan fingerprint density at radius 1 is 1.13 bits per heavy atom. The van der Waals surface area contributed by atoms with Crippen LogP contribution in [0.1, 0.15) is 23.9 Å². The van der Waals surface area contributed by atoms with E-state index in [1.807, 2.05) is 19.1 Å². The molecule has 0 aliphatic carbocycles. The summed E-state index contributed by atoms with van der Waals surface area (Å²) in [6.45, 7) is 1.77. The zero-order valence-electron chi connectivity index (χ0n) is 15.9. The molecular weight excluding hydrogens is 433 g/mol. The largest absolute Gasteiger partial charge is 0.416 e. The average molecular weight is 451 g/mol. The van der Waals surface area contributed by atoms with Crippen LogP contribution in [0.5, 0.6) is 0 Å². The zero-order chi connectivity index (χ0) is 21.5. The van der Waals surface area contributed by atoms with Crippen molar-refractivity contribution in [3.05, 3.63) is 57.8 Å². The van der Waals surface area contributed by atoms with Crippen molar-refractivity contribution >= 4 is 40.4 Å². The van der Waals surface area contributed by atoms with Crippen LogP contribution in [0.25, 0.3) is 0 Å². The number of fused-ring (bicyclic) bond motifs is 2. The minimum atomic E-state index is -4.52. The first-order valence-electron chi connectivity index (χ1n) is 9.20. The van der Waals surface area contributed by atoms with Gasteiger partial charge in [0, 0.05) is 16.2 Å². The molecule has 3 aromatic rings. The number of amides is 1. The standard InChI is InChI=1S/C20H17F3N4OS2/c1-2-5-17-25-26(19(24)30-17)11-18(28)27-13-6-3-4-7-15(13)29-16-9-8-12(10-14(16)27)20(21,22)23/h3-4,6-10,24H,2,5,11H2,1H3. The Morgan fingerprint density at radius 3 is 2.60 bits per heavy atom. The van der Waals surface area contributed by atoms with E-state index in [2.05, 4.69) is 5.10 Å². The van der Waals surface area contributed by atoms with E-state index in [-0.39, 0.29) is 17.0 Å². The number of benzene rings is 2. The molecule has 2 heterocycles. The summed E-state index contributed by atoms with van der Waals surface area (Å²) >= 11 is 2.52. The first-order valence-corrected chi connectivity index (χ1v) is 10.8. The molecule has 0 saturated carbocycles. The third-order valence-corrected chi connectivity index (χ3v) is 6.59. The molecule has 0 bridgehead atoms. The molecule has 1 aromatic heterocycles. The van der Waals surface area contributed by atoms with Crippen molar-refractivity contribution in [3.63, 3.8) is 0 Å². The summed E-state index contributed by atoms with van der Waals surface area (Å²) in [6, 6.07) is 10.5. The molecule has 0 saturated heterocycles. The number of anilines is 2. The minimum absolute atomic E-state index is 0.135. The van der Waals surface area contributed by atoms with Gasteiger partial charge in [0.1, 0.15) is 11.6 Å².